The number of aromatic nitrogens is 1. The molecule has 1 fully saturated rings. The molecule has 1 aromatic heterocycles. The lowest BCUT2D eigenvalue weighted by Gasteiger charge is -2.37. The Balaban J connectivity index is 1.32. The summed E-state index contributed by atoms with van der Waals surface area (Å²) in [6.45, 7) is 9.44. The third-order valence-electron chi connectivity index (χ3n) is 6.30. The van der Waals surface area contributed by atoms with Crippen LogP contribution in [0.3, 0.4) is 0 Å². The third-order valence-corrected chi connectivity index (χ3v) is 6.30. The molecular weight excluding hydrogens is 388 g/mol. The molecule has 4 rings (SSSR count). The van der Waals surface area contributed by atoms with Crippen molar-refractivity contribution in [3.63, 3.8) is 0 Å². The first kappa shape index (κ1) is 21.3. The maximum absolute atomic E-state index is 13.1. The monoisotopic (exact) mass is 418 g/mol. The molecule has 0 unspecified atom stereocenters. The Kier molecular flexibility index (Phi) is 6.20. The fourth-order valence-corrected chi connectivity index (χ4v) is 4.37. The summed E-state index contributed by atoms with van der Waals surface area (Å²) >= 11 is 0. The Morgan fingerprint density at radius 2 is 1.68 bits per heavy atom. The summed E-state index contributed by atoms with van der Waals surface area (Å²) in [4.78, 5) is 33.2. The van der Waals surface area contributed by atoms with Crippen LogP contribution in [0.4, 0.5) is 5.69 Å². The Labute approximate surface area is 183 Å². The topological polar surface area (TPSA) is 68.4 Å². The van der Waals surface area contributed by atoms with Gasteiger partial charge in [0.1, 0.15) is 0 Å². The van der Waals surface area contributed by atoms with Crippen molar-refractivity contribution in [2.24, 2.45) is 0 Å². The number of para-hydroxylation sites is 2. The fraction of sp³-hybridized carbons (Fsp3) is 0.360. The maximum atomic E-state index is 13.1. The molecule has 2 heterocycles. The predicted octanol–water partition coefficient (Wildman–Crippen LogP) is 3.61. The van der Waals surface area contributed by atoms with Gasteiger partial charge in [-0.3, -0.25) is 19.4 Å². The zero-order chi connectivity index (χ0) is 22.0. The number of Topliss-reactive ketones (excluding diaryl/α,β-unsaturated/α-hetero) is 1. The molecule has 1 saturated heterocycles. The van der Waals surface area contributed by atoms with Gasteiger partial charge in [0.2, 0.25) is 5.91 Å². The first-order valence-corrected chi connectivity index (χ1v) is 10.9. The lowest BCUT2D eigenvalue weighted by atomic mass is 10.0. The lowest BCUT2D eigenvalue weighted by Crippen LogP contribution is -2.53. The number of ketones is 1. The average molecular weight is 419 g/mol. The number of hydrogen-bond donors (Lipinski definition) is 2. The van der Waals surface area contributed by atoms with Gasteiger partial charge in [-0.2, -0.15) is 0 Å². The van der Waals surface area contributed by atoms with E-state index in [4.69, 9.17) is 0 Å². The highest BCUT2D eigenvalue weighted by atomic mass is 16.2. The van der Waals surface area contributed by atoms with Gasteiger partial charge in [0.25, 0.3) is 0 Å². The van der Waals surface area contributed by atoms with E-state index >= 15 is 0 Å². The molecule has 2 aromatic carbocycles. The number of nitrogens with one attached hydrogen (secondary N) is 2. The quantitative estimate of drug-likeness (QED) is 0.600. The first-order chi connectivity index (χ1) is 14.9. The summed E-state index contributed by atoms with van der Waals surface area (Å²) in [6, 6.07) is 13.7. The SMILES string of the molecule is Cc1cccc(C)c1NC(=O)CN1CCN([C@@H](C)C(=O)c2c[nH]c3ccccc23)CC1. The summed E-state index contributed by atoms with van der Waals surface area (Å²) in [5.41, 5.74) is 4.78. The molecule has 31 heavy (non-hydrogen) atoms. The van der Waals surface area contributed by atoms with E-state index in [1.807, 2.05) is 69.4 Å². The van der Waals surface area contributed by atoms with Gasteiger partial charge in [-0.15, -0.1) is 0 Å². The Hall–Kier alpha value is -2.96. The summed E-state index contributed by atoms with van der Waals surface area (Å²) in [6.07, 6.45) is 1.82. The van der Waals surface area contributed by atoms with Gasteiger partial charge in [0, 0.05) is 54.5 Å². The largest absolute Gasteiger partial charge is 0.360 e. The third kappa shape index (κ3) is 4.55. The van der Waals surface area contributed by atoms with E-state index in [-0.39, 0.29) is 17.7 Å². The maximum Gasteiger partial charge on any atom is 0.238 e. The predicted molar refractivity (Wildman–Crippen MR) is 125 cm³/mol. The molecule has 2 N–H and O–H groups in total. The normalized spacial score (nSPS) is 16.4. The van der Waals surface area contributed by atoms with Crippen LogP contribution in [-0.4, -0.2) is 65.2 Å². The number of aryl methyl sites for hydroxylation is 2. The van der Waals surface area contributed by atoms with E-state index < -0.39 is 0 Å². The number of anilines is 1. The van der Waals surface area contributed by atoms with Gasteiger partial charge >= 0.3 is 0 Å². The van der Waals surface area contributed by atoms with E-state index in [9.17, 15) is 9.59 Å². The van der Waals surface area contributed by atoms with Crippen molar-refractivity contribution >= 4 is 28.3 Å². The van der Waals surface area contributed by atoms with Gasteiger partial charge in [0.05, 0.1) is 12.6 Å². The number of aromatic amines is 1. The van der Waals surface area contributed by atoms with E-state index in [0.717, 1.165) is 59.5 Å². The second kappa shape index (κ2) is 9.04. The minimum absolute atomic E-state index is 0.00812. The number of benzene rings is 2. The number of piperazine rings is 1. The van der Waals surface area contributed by atoms with Gasteiger partial charge < -0.3 is 10.3 Å². The molecule has 162 valence electrons. The first-order valence-electron chi connectivity index (χ1n) is 10.9. The fourth-order valence-electron chi connectivity index (χ4n) is 4.37. The van der Waals surface area contributed by atoms with Crippen molar-refractivity contribution in [3.8, 4) is 0 Å². The molecule has 1 amide bonds. The van der Waals surface area contributed by atoms with Crippen molar-refractivity contribution in [1.82, 2.24) is 14.8 Å². The Morgan fingerprint density at radius 1 is 1.00 bits per heavy atom. The molecule has 3 aromatic rings. The number of hydrogen-bond acceptors (Lipinski definition) is 4. The molecule has 0 spiro atoms. The highest BCUT2D eigenvalue weighted by molar-refractivity contribution is 6.10. The Morgan fingerprint density at radius 3 is 2.39 bits per heavy atom. The minimum atomic E-state index is -0.190. The van der Waals surface area contributed by atoms with E-state index in [2.05, 4.69) is 20.1 Å². The zero-order valence-electron chi connectivity index (χ0n) is 18.4. The van der Waals surface area contributed by atoms with Crippen LogP contribution in [0.25, 0.3) is 10.9 Å². The van der Waals surface area contributed by atoms with Crippen LogP contribution in [0.2, 0.25) is 0 Å². The summed E-state index contributed by atoms with van der Waals surface area (Å²) in [7, 11) is 0. The Bertz CT molecular complexity index is 1080. The number of nitrogens with zero attached hydrogens (tertiary/aromatic N) is 2. The highest BCUT2D eigenvalue weighted by Gasteiger charge is 2.28. The molecule has 0 radical (unpaired) electrons. The number of carbonyl (C=O) groups excluding carboxylic acids is 2. The van der Waals surface area contributed by atoms with Crippen molar-refractivity contribution in [1.29, 1.82) is 0 Å². The molecule has 0 aliphatic carbocycles. The van der Waals surface area contributed by atoms with Gasteiger partial charge in [0.15, 0.2) is 5.78 Å². The van der Waals surface area contributed by atoms with Crippen molar-refractivity contribution in [2.45, 2.75) is 26.8 Å². The van der Waals surface area contributed by atoms with Gasteiger partial charge in [-0.05, 0) is 38.0 Å². The zero-order valence-corrected chi connectivity index (χ0v) is 18.4. The standard InChI is InChI=1S/C25H30N4O2/c1-17-7-6-8-18(2)24(17)27-23(30)16-28-11-13-29(14-12-28)19(3)25(31)21-15-26-22-10-5-4-9-20(21)22/h4-10,15,19,26H,11-14,16H2,1-3H3,(H,27,30)/t19-/m0/s1. The van der Waals surface area contributed by atoms with Crippen LogP contribution < -0.4 is 5.32 Å². The van der Waals surface area contributed by atoms with Crippen LogP contribution in [0.5, 0.6) is 0 Å². The van der Waals surface area contributed by atoms with Gasteiger partial charge in [-0.1, -0.05) is 36.4 Å². The van der Waals surface area contributed by atoms with E-state index in [1.165, 1.54) is 0 Å². The molecule has 1 aliphatic rings. The number of H-pyrrole nitrogens is 1. The van der Waals surface area contributed by atoms with Crippen LogP contribution in [0.15, 0.2) is 48.7 Å². The molecule has 1 aliphatic heterocycles. The van der Waals surface area contributed by atoms with Crippen molar-refractivity contribution < 1.29 is 9.59 Å². The highest BCUT2D eigenvalue weighted by Crippen LogP contribution is 2.22. The lowest BCUT2D eigenvalue weighted by molar-refractivity contribution is -0.117. The molecular formula is C25H30N4O2. The van der Waals surface area contributed by atoms with E-state index in [0.29, 0.717) is 6.54 Å². The van der Waals surface area contributed by atoms with Crippen molar-refractivity contribution in [2.75, 3.05) is 38.0 Å². The molecule has 0 bridgehead atoms. The molecule has 0 saturated carbocycles. The molecule has 6 nitrogen and oxygen atoms in total. The van der Waals surface area contributed by atoms with Crippen molar-refractivity contribution in [3.05, 3.63) is 65.4 Å². The second-order valence-electron chi connectivity index (χ2n) is 8.42. The second-order valence-corrected chi connectivity index (χ2v) is 8.42. The van der Waals surface area contributed by atoms with Crippen LogP contribution in [0.1, 0.15) is 28.4 Å². The molecule has 1 atom stereocenters. The number of amides is 1. The van der Waals surface area contributed by atoms with E-state index in [1.54, 1.807) is 0 Å². The van der Waals surface area contributed by atoms with Crippen LogP contribution in [-0.2, 0) is 4.79 Å². The number of fused-ring (bicyclic) bond motifs is 1. The van der Waals surface area contributed by atoms with Crippen LogP contribution >= 0.6 is 0 Å². The minimum Gasteiger partial charge on any atom is -0.360 e. The summed E-state index contributed by atoms with van der Waals surface area (Å²) < 4.78 is 0. The van der Waals surface area contributed by atoms with Crippen LogP contribution in [0, 0.1) is 13.8 Å². The molecule has 6 heteroatoms. The van der Waals surface area contributed by atoms with Gasteiger partial charge in [-0.25, -0.2) is 0 Å². The summed E-state index contributed by atoms with van der Waals surface area (Å²) in [5.74, 6) is 0.146. The number of carbonyl (C=O) groups is 2. The number of rotatable bonds is 6. The average Bonchev–Trinajstić information content (AvgIpc) is 3.20. The summed E-state index contributed by atoms with van der Waals surface area (Å²) in [5, 5.41) is 4.04. The smallest absolute Gasteiger partial charge is 0.238 e.